The normalized spacial score (nSPS) is 16.9. The number of anilines is 2. The summed E-state index contributed by atoms with van der Waals surface area (Å²) in [7, 11) is 3.85. The molecule has 2 heterocycles. The maximum absolute atomic E-state index is 11.9. The molecule has 2 amide bonds. The Morgan fingerprint density at radius 2 is 2.14 bits per heavy atom. The van der Waals surface area contributed by atoms with Gasteiger partial charge in [0.25, 0.3) is 0 Å². The minimum atomic E-state index is -0.209. The molecule has 122 valence electrons. The van der Waals surface area contributed by atoms with Gasteiger partial charge in [0.05, 0.1) is 25.1 Å². The zero-order chi connectivity index (χ0) is 15.9. The van der Waals surface area contributed by atoms with Gasteiger partial charge < -0.3 is 20.3 Å². The first-order valence-corrected chi connectivity index (χ1v) is 7.56. The maximum Gasteiger partial charge on any atom is 0.319 e. The van der Waals surface area contributed by atoms with Crippen LogP contribution in [0.3, 0.4) is 0 Å². The highest BCUT2D eigenvalue weighted by Crippen LogP contribution is 2.11. The molecule has 1 fully saturated rings. The van der Waals surface area contributed by atoms with Crippen molar-refractivity contribution in [3.8, 4) is 0 Å². The lowest BCUT2D eigenvalue weighted by Crippen LogP contribution is -2.47. The van der Waals surface area contributed by atoms with Gasteiger partial charge in [0, 0.05) is 39.8 Å². The van der Waals surface area contributed by atoms with Crippen molar-refractivity contribution in [3.05, 3.63) is 18.3 Å². The Morgan fingerprint density at radius 1 is 1.41 bits per heavy atom. The number of aromatic nitrogens is 1. The number of urea groups is 1. The van der Waals surface area contributed by atoms with E-state index in [2.05, 4.69) is 27.4 Å². The van der Waals surface area contributed by atoms with E-state index < -0.39 is 0 Å². The molecule has 1 saturated heterocycles. The molecule has 2 rings (SSSR count). The molecule has 1 aromatic rings. The van der Waals surface area contributed by atoms with E-state index in [4.69, 9.17) is 4.74 Å². The van der Waals surface area contributed by atoms with Crippen LogP contribution in [0.2, 0.25) is 0 Å². The van der Waals surface area contributed by atoms with Crippen molar-refractivity contribution in [2.24, 2.45) is 0 Å². The lowest BCUT2D eigenvalue weighted by atomic mass is 10.2. The van der Waals surface area contributed by atoms with E-state index in [1.807, 2.05) is 31.1 Å². The summed E-state index contributed by atoms with van der Waals surface area (Å²) in [6, 6.07) is 3.79. The van der Waals surface area contributed by atoms with Gasteiger partial charge >= 0.3 is 6.03 Å². The second kappa shape index (κ2) is 7.95. The summed E-state index contributed by atoms with van der Waals surface area (Å²) in [6.45, 7) is 6.08. The molecule has 1 aliphatic rings. The fourth-order valence-electron chi connectivity index (χ4n) is 2.29. The Morgan fingerprint density at radius 3 is 2.73 bits per heavy atom. The fraction of sp³-hybridized carbons (Fsp3) is 0.600. The molecule has 0 spiro atoms. The van der Waals surface area contributed by atoms with E-state index in [1.165, 1.54) is 0 Å². The molecule has 7 nitrogen and oxygen atoms in total. The number of carbonyl (C=O) groups excluding carboxylic acids is 1. The third kappa shape index (κ3) is 4.85. The van der Waals surface area contributed by atoms with E-state index in [0.717, 1.165) is 32.1 Å². The molecule has 0 unspecified atom stereocenters. The van der Waals surface area contributed by atoms with Crippen molar-refractivity contribution >= 4 is 17.5 Å². The van der Waals surface area contributed by atoms with Crippen molar-refractivity contribution in [1.82, 2.24) is 15.2 Å². The smallest absolute Gasteiger partial charge is 0.319 e. The van der Waals surface area contributed by atoms with Gasteiger partial charge in [0.15, 0.2) is 0 Å². The number of morpholine rings is 1. The Labute approximate surface area is 131 Å². The van der Waals surface area contributed by atoms with Crippen molar-refractivity contribution in [2.75, 3.05) is 57.2 Å². The number of carbonyl (C=O) groups is 1. The number of amides is 2. The van der Waals surface area contributed by atoms with Crippen LogP contribution >= 0.6 is 0 Å². The van der Waals surface area contributed by atoms with Crippen LogP contribution in [0.4, 0.5) is 16.3 Å². The van der Waals surface area contributed by atoms with Crippen LogP contribution in [-0.4, -0.2) is 68.9 Å². The number of rotatable bonds is 5. The average Bonchev–Trinajstić information content (AvgIpc) is 2.54. The lowest BCUT2D eigenvalue weighted by Gasteiger charge is -2.32. The molecule has 0 saturated carbocycles. The van der Waals surface area contributed by atoms with Gasteiger partial charge in [-0.1, -0.05) is 0 Å². The minimum Gasteiger partial charge on any atom is -0.379 e. The number of hydrogen-bond donors (Lipinski definition) is 2. The first kappa shape index (κ1) is 16.5. The Kier molecular flexibility index (Phi) is 5.97. The SMILES string of the molecule is C[C@H](CNC(=O)Nc1ccc(N(C)C)nc1)N1CCOCC1. The quantitative estimate of drug-likeness (QED) is 0.849. The van der Waals surface area contributed by atoms with Crippen molar-refractivity contribution in [1.29, 1.82) is 0 Å². The van der Waals surface area contributed by atoms with Gasteiger partial charge in [-0.25, -0.2) is 9.78 Å². The highest BCUT2D eigenvalue weighted by molar-refractivity contribution is 5.89. The Balaban J connectivity index is 1.75. The van der Waals surface area contributed by atoms with E-state index >= 15 is 0 Å². The third-order valence-corrected chi connectivity index (χ3v) is 3.69. The van der Waals surface area contributed by atoms with Crippen LogP contribution in [0.15, 0.2) is 18.3 Å². The number of nitrogens with zero attached hydrogens (tertiary/aromatic N) is 3. The van der Waals surface area contributed by atoms with E-state index in [-0.39, 0.29) is 6.03 Å². The summed E-state index contributed by atoms with van der Waals surface area (Å²) >= 11 is 0. The molecule has 22 heavy (non-hydrogen) atoms. The zero-order valence-corrected chi connectivity index (χ0v) is 13.5. The second-order valence-corrected chi connectivity index (χ2v) is 5.63. The van der Waals surface area contributed by atoms with Crippen LogP contribution in [-0.2, 0) is 4.74 Å². The average molecular weight is 307 g/mol. The molecular formula is C15H25N5O2. The molecule has 0 aromatic carbocycles. The highest BCUT2D eigenvalue weighted by Gasteiger charge is 2.17. The van der Waals surface area contributed by atoms with E-state index in [0.29, 0.717) is 18.3 Å². The summed E-state index contributed by atoms with van der Waals surface area (Å²) in [6.07, 6.45) is 1.65. The molecule has 0 aliphatic carbocycles. The molecule has 0 radical (unpaired) electrons. The summed E-state index contributed by atoms with van der Waals surface area (Å²) in [4.78, 5) is 20.4. The van der Waals surface area contributed by atoms with Gasteiger partial charge in [-0.15, -0.1) is 0 Å². The van der Waals surface area contributed by atoms with Gasteiger partial charge in [-0.05, 0) is 19.1 Å². The van der Waals surface area contributed by atoms with Crippen molar-refractivity contribution < 1.29 is 9.53 Å². The van der Waals surface area contributed by atoms with Crippen LogP contribution in [0.1, 0.15) is 6.92 Å². The third-order valence-electron chi connectivity index (χ3n) is 3.69. The number of nitrogens with one attached hydrogen (secondary N) is 2. The Hall–Kier alpha value is -1.86. The summed E-state index contributed by atoms with van der Waals surface area (Å²) in [5.41, 5.74) is 0.683. The molecule has 1 aromatic heterocycles. The number of pyridine rings is 1. The van der Waals surface area contributed by atoms with Crippen molar-refractivity contribution in [3.63, 3.8) is 0 Å². The maximum atomic E-state index is 11.9. The summed E-state index contributed by atoms with van der Waals surface area (Å²) < 4.78 is 5.33. The van der Waals surface area contributed by atoms with Gasteiger partial charge in [0.1, 0.15) is 5.82 Å². The van der Waals surface area contributed by atoms with Gasteiger partial charge in [-0.2, -0.15) is 0 Å². The molecule has 0 bridgehead atoms. The predicted molar refractivity (Wildman–Crippen MR) is 87.4 cm³/mol. The van der Waals surface area contributed by atoms with Gasteiger partial charge in [0.2, 0.25) is 0 Å². The number of ether oxygens (including phenoxy) is 1. The van der Waals surface area contributed by atoms with Crippen LogP contribution < -0.4 is 15.5 Å². The summed E-state index contributed by atoms with van der Waals surface area (Å²) in [5.74, 6) is 0.854. The minimum absolute atomic E-state index is 0.209. The molecule has 1 aliphatic heterocycles. The second-order valence-electron chi connectivity index (χ2n) is 5.63. The molecular weight excluding hydrogens is 282 g/mol. The van der Waals surface area contributed by atoms with Crippen molar-refractivity contribution in [2.45, 2.75) is 13.0 Å². The molecule has 7 heteroatoms. The zero-order valence-electron chi connectivity index (χ0n) is 13.5. The molecule has 2 N–H and O–H groups in total. The first-order valence-electron chi connectivity index (χ1n) is 7.56. The van der Waals surface area contributed by atoms with E-state index in [9.17, 15) is 4.79 Å². The topological polar surface area (TPSA) is 69.7 Å². The lowest BCUT2D eigenvalue weighted by molar-refractivity contribution is 0.0209. The standard InChI is InChI=1S/C15H25N5O2/c1-12(20-6-8-22-9-7-20)10-17-15(21)18-13-4-5-14(16-11-13)19(2)3/h4-5,11-12H,6-10H2,1-3H3,(H2,17,18,21)/t12-/m1/s1. The van der Waals surface area contributed by atoms with Gasteiger partial charge in [-0.3, -0.25) is 4.90 Å². The van der Waals surface area contributed by atoms with Crippen LogP contribution in [0.25, 0.3) is 0 Å². The monoisotopic (exact) mass is 307 g/mol. The molecule has 1 atom stereocenters. The predicted octanol–water partition coefficient (Wildman–Crippen LogP) is 0.990. The largest absolute Gasteiger partial charge is 0.379 e. The first-order chi connectivity index (χ1) is 10.6. The fourth-order valence-corrected chi connectivity index (χ4v) is 2.29. The van der Waals surface area contributed by atoms with Crippen LogP contribution in [0, 0.1) is 0 Å². The van der Waals surface area contributed by atoms with E-state index in [1.54, 1.807) is 6.20 Å². The summed E-state index contributed by atoms with van der Waals surface area (Å²) in [5, 5.41) is 5.69. The highest BCUT2D eigenvalue weighted by atomic mass is 16.5. The Bertz CT molecular complexity index is 471. The number of hydrogen-bond acceptors (Lipinski definition) is 5. The van der Waals surface area contributed by atoms with Crippen LogP contribution in [0.5, 0.6) is 0 Å².